The van der Waals surface area contributed by atoms with Crippen LogP contribution in [0.1, 0.15) is 34.5 Å². The van der Waals surface area contributed by atoms with Gasteiger partial charge in [-0.15, -0.1) is 11.3 Å². The van der Waals surface area contributed by atoms with Crippen molar-refractivity contribution in [3.63, 3.8) is 0 Å². The van der Waals surface area contributed by atoms with Crippen molar-refractivity contribution in [2.45, 2.75) is 19.3 Å². The van der Waals surface area contributed by atoms with Crippen LogP contribution in [0, 0.1) is 0 Å². The van der Waals surface area contributed by atoms with Gasteiger partial charge in [0.2, 0.25) is 0 Å². The number of hydrogen-bond acceptors (Lipinski definition) is 5. The van der Waals surface area contributed by atoms with Crippen LogP contribution in [0.4, 0.5) is 0 Å². The van der Waals surface area contributed by atoms with Gasteiger partial charge in [-0.1, -0.05) is 6.07 Å². The molecule has 1 fully saturated rings. The van der Waals surface area contributed by atoms with Crippen LogP contribution in [0.3, 0.4) is 0 Å². The Balaban J connectivity index is 1.84. The summed E-state index contributed by atoms with van der Waals surface area (Å²) in [6.45, 7) is 1.43. The molecule has 1 aliphatic heterocycles. The van der Waals surface area contributed by atoms with E-state index in [9.17, 15) is 9.59 Å². The second-order valence-corrected chi connectivity index (χ2v) is 7.43. The molecule has 0 saturated carbocycles. The number of carbonyl (C=O) groups excluding carboxylic acids is 2. The van der Waals surface area contributed by atoms with Gasteiger partial charge < -0.3 is 19.7 Å². The molecule has 0 aliphatic carbocycles. The Kier molecular flexibility index (Phi) is 6.71. The van der Waals surface area contributed by atoms with Gasteiger partial charge in [0, 0.05) is 23.5 Å². The number of piperidine rings is 1. The van der Waals surface area contributed by atoms with Gasteiger partial charge in [0.25, 0.3) is 11.8 Å². The summed E-state index contributed by atoms with van der Waals surface area (Å²) in [6, 6.07) is 8.74. The highest BCUT2D eigenvalue weighted by Gasteiger charge is 2.23. The Morgan fingerprint density at radius 2 is 1.82 bits per heavy atom. The van der Waals surface area contributed by atoms with Gasteiger partial charge in [-0.2, -0.15) is 0 Å². The molecule has 1 aliphatic rings. The standard InChI is InChI=1S/C21H24N2O4S/c1-26-18-9-8-15(13-19(18)27-2)20(24)22-17(14-16-7-6-12-28-16)21(25)23-10-4-3-5-11-23/h6-9,12-14H,3-5,10-11H2,1-2H3,(H,22,24)/b17-14-. The maximum atomic E-state index is 13.0. The van der Waals surface area contributed by atoms with E-state index in [-0.39, 0.29) is 17.5 Å². The molecule has 1 aromatic carbocycles. The van der Waals surface area contributed by atoms with Gasteiger partial charge in [0.15, 0.2) is 11.5 Å². The number of benzene rings is 1. The smallest absolute Gasteiger partial charge is 0.270 e. The summed E-state index contributed by atoms with van der Waals surface area (Å²) in [5.41, 5.74) is 0.672. The number of amides is 2. The second-order valence-electron chi connectivity index (χ2n) is 6.45. The third-order valence-electron chi connectivity index (χ3n) is 4.60. The number of nitrogens with zero attached hydrogens (tertiary/aromatic N) is 1. The van der Waals surface area contributed by atoms with Crippen LogP contribution in [-0.2, 0) is 4.79 Å². The molecule has 0 spiro atoms. The zero-order valence-corrected chi connectivity index (χ0v) is 16.9. The van der Waals surface area contributed by atoms with Crippen LogP contribution in [-0.4, -0.2) is 44.0 Å². The second kappa shape index (κ2) is 9.41. The number of methoxy groups -OCH3 is 2. The molecule has 2 amide bonds. The molecule has 2 heterocycles. The van der Waals surface area contributed by atoms with E-state index in [1.807, 2.05) is 17.5 Å². The van der Waals surface area contributed by atoms with E-state index < -0.39 is 0 Å². The third-order valence-corrected chi connectivity index (χ3v) is 5.42. The quantitative estimate of drug-likeness (QED) is 0.753. The van der Waals surface area contributed by atoms with E-state index >= 15 is 0 Å². The molecule has 0 unspecified atom stereocenters. The summed E-state index contributed by atoms with van der Waals surface area (Å²) in [6.07, 6.45) is 4.84. The summed E-state index contributed by atoms with van der Waals surface area (Å²) in [5, 5.41) is 4.73. The number of thiophene rings is 1. The predicted molar refractivity (Wildman–Crippen MR) is 110 cm³/mol. The Morgan fingerprint density at radius 1 is 1.07 bits per heavy atom. The van der Waals surface area contributed by atoms with Crippen LogP contribution in [0.15, 0.2) is 41.4 Å². The van der Waals surface area contributed by atoms with Crippen LogP contribution < -0.4 is 14.8 Å². The molecule has 6 nitrogen and oxygen atoms in total. The molecule has 0 atom stereocenters. The van der Waals surface area contributed by atoms with Gasteiger partial charge in [0.05, 0.1) is 14.2 Å². The third kappa shape index (κ3) is 4.72. The molecule has 3 rings (SSSR count). The zero-order valence-electron chi connectivity index (χ0n) is 16.1. The number of likely N-dealkylation sites (tertiary alicyclic amines) is 1. The lowest BCUT2D eigenvalue weighted by Gasteiger charge is -2.27. The predicted octanol–water partition coefficient (Wildman–Crippen LogP) is 3.55. The first-order valence-electron chi connectivity index (χ1n) is 9.20. The average molecular weight is 401 g/mol. The van der Waals surface area contributed by atoms with E-state index in [0.717, 1.165) is 24.1 Å². The van der Waals surface area contributed by atoms with Crippen LogP contribution in [0.2, 0.25) is 0 Å². The van der Waals surface area contributed by atoms with Crippen molar-refractivity contribution in [2.24, 2.45) is 0 Å². The highest BCUT2D eigenvalue weighted by molar-refractivity contribution is 7.10. The Hall–Kier alpha value is -2.80. The van der Waals surface area contributed by atoms with Gasteiger partial charge >= 0.3 is 0 Å². The van der Waals surface area contributed by atoms with Gasteiger partial charge in [0.1, 0.15) is 5.70 Å². The van der Waals surface area contributed by atoms with Crippen molar-refractivity contribution in [3.05, 3.63) is 51.8 Å². The summed E-state index contributed by atoms with van der Waals surface area (Å²) in [5.74, 6) is 0.482. The monoisotopic (exact) mass is 400 g/mol. The fourth-order valence-corrected chi connectivity index (χ4v) is 3.76. The van der Waals surface area contributed by atoms with E-state index in [2.05, 4.69) is 5.32 Å². The minimum absolute atomic E-state index is 0.151. The molecular weight excluding hydrogens is 376 g/mol. The molecule has 28 heavy (non-hydrogen) atoms. The molecule has 0 radical (unpaired) electrons. The summed E-state index contributed by atoms with van der Waals surface area (Å²) in [7, 11) is 3.05. The van der Waals surface area contributed by atoms with Crippen molar-refractivity contribution in [1.82, 2.24) is 10.2 Å². The topological polar surface area (TPSA) is 67.9 Å². The Labute approximate surface area is 168 Å². The van der Waals surface area contributed by atoms with Crippen molar-refractivity contribution in [2.75, 3.05) is 27.3 Å². The lowest BCUT2D eigenvalue weighted by Crippen LogP contribution is -2.41. The molecule has 1 N–H and O–H groups in total. The number of ether oxygens (including phenoxy) is 2. The number of nitrogens with one attached hydrogen (secondary N) is 1. The zero-order chi connectivity index (χ0) is 19.9. The number of carbonyl (C=O) groups is 2. The SMILES string of the molecule is COc1ccc(C(=O)N/C(=C\c2cccs2)C(=O)N2CCCCC2)cc1OC. The number of hydrogen-bond donors (Lipinski definition) is 1. The average Bonchev–Trinajstić information content (AvgIpc) is 3.25. The van der Waals surface area contributed by atoms with Crippen molar-refractivity contribution in [1.29, 1.82) is 0 Å². The fourth-order valence-electron chi connectivity index (χ4n) is 3.11. The normalized spacial score (nSPS) is 14.5. The molecule has 1 aromatic heterocycles. The molecule has 7 heteroatoms. The molecular formula is C21H24N2O4S. The Bertz CT molecular complexity index is 855. The largest absolute Gasteiger partial charge is 0.493 e. The van der Waals surface area contributed by atoms with Gasteiger partial charge in [-0.05, 0) is 55.0 Å². The molecule has 148 valence electrons. The maximum absolute atomic E-state index is 13.0. The molecule has 0 bridgehead atoms. The van der Waals surface area contributed by atoms with Gasteiger partial charge in [-0.25, -0.2) is 0 Å². The first kappa shape index (κ1) is 19.9. The van der Waals surface area contributed by atoms with Crippen LogP contribution in [0.25, 0.3) is 6.08 Å². The van der Waals surface area contributed by atoms with E-state index in [1.54, 1.807) is 29.2 Å². The minimum Gasteiger partial charge on any atom is -0.493 e. The highest BCUT2D eigenvalue weighted by Crippen LogP contribution is 2.27. The fraction of sp³-hybridized carbons (Fsp3) is 0.333. The highest BCUT2D eigenvalue weighted by atomic mass is 32.1. The van der Waals surface area contributed by atoms with Crippen molar-refractivity contribution < 1.29 is 19.1 Å². The van der Waals surface area contributed by atoms with E-state index in [1.165, 1.54) is 25.6 Å². The molecule has 2 aromatic rings. The van der Waals surface area contributed by atoms with Crippen LogP contribution in [0.5, 0.6) is 11.5 Å². The first-order chi connectivity index (χ1) is 13.6. The maximum Gasteiger partial charge on any atom is 0.270 e. The number of rotatable bonds is 6. The summed E-state index contributed by atoms with van der Waals surface area (Å²) in [4.78, 5) is 28.6. The van der Waals surface area contributed by atoms with Crippen molar-refractivity contribution in [3.8, 4) is 11.5 Å². The lowest BCUT2D eigenvalue weighted by atomic mass is 10.1. The first-order valence-corrected chi connectivity index (χ1v) is 10.1. The minimum atomic E-state index is -0.367. The van der Waals surface area contributed by atoms with Crippen molar-refractivity contribution >= 4 is 29.2 Å². The summed E-state index contributed by atoms with van der Waals surface area (Å²) >= 11 is 1.51. The summed E-state index contributed by atoms with van der Waals surface area (Å²) < 4.78 is 10.5. The van der Waals surface area contributed by atoms with E-state index in [0.29, 0.717) is 30.2 Å². The Morgan fingerprint density at radius 3 is 2.46 bits per heavy atom. The van der Waals surface area contributed by atoms with Gasteiger partial charge in [-0.3, -0.25) is 9.59 Å². The molecule has 1 saturated heterocycles. The lowest BCUT2D eigenvalue weighted by molar-refractivity contribution is -0.128. The van der Waals surface area contributed by atoms with E-state index in [4.69, 9.17) is 9.47 Å². The van der Waals surface area contributed by atoms with Crippen LogP contribution >= 0.6 is 11.3 Å².